The summed E-state index contributed by atoms with van der Waals surface area (Å²) in [4.78, 5) is 36.6. The van der Waals surface area contributed by atoms with Crippen molar-refractivity contribution >= 4 is 46.8 Å². The molecule has 3 aromatic rings. The minimum Gasteiger partial charge on any atom is -0.342 e. The van der Waals surface area contributed by atoms with Gasteiger partial charge in [0, 0.05) is 30.2 Å². The molecule has 0 aliphatic carbocycles. The van der Waals surface area contributed by atoms with Gasteiger partial charge in [0.25, 0.3) is 11.8 Å². The molecule has 178 valence electrons. The number of aliphatic imine (C=N–C) groups is 1. The van der Waals surface area contributed by atoms with Crippen LogP contribution in [0.3, 0.4) is 0 Å². The first-order valence-corrected chi connectivity index (χ1v) is 10.9. The second kappa shape index (κ2) is 8.13. The Balaban J connectivity index is 0.00000253. The number of imidazole rings is 1. The number of fused-ring (bicyclic) bond motifs is 1. The highest BCUT2D eigenvalue weighted by atomic mass is 35.5. The number of amides is 2. The summed E-state index contributed by atoms with van der Waals surface area (Å²) in [5, 5.41) is 2.32. The quantitative estimate of drug-likeness (QED) is 0.560. The summed E-state index contributed by atoms with van der Waals surface area (Å²) in [5.41, 5.74) is 2.49. The van der Waals surface area contributed by atoms with Gasteiger partial charge in [-0.05, 0) is 42.2 Å². The Bertz CT molecular complexity index is 1520. The van der Waals surface area contributed by atoms with Gasteiger partial charge in [0.15, 0.2) is 11.5 Å². The minimum absolute atomic E-state index is 0. The molecule has 2 aromatic heterocycles. The summed E-state index contributed by atoms with van der Waals surface area (Å²) in [7, 11) is 0. The molecule has 0 spiro atoms. The topological polar surface area (TPSA) is 79.1 Å². The molecule has 10 heteroatoms. The molecule has 3 aliphatic heterocycles. The van der Waals surface area contributed by atoms with Gasteiger partial charge in [0.2, 0.25) is 0 Å². The Morgan fingerprint density at radius 2 is 1.91 bits per heavy atom. The highest BCUT2D eigenvalue weighted by Gasteiger charge is 2.40. The molecular formula is C25H20ClF2N5O2. The average molecular weight is 496 g/mol. The van der Waals surface area contributed by atoms with Crippen LogP contribution >= 0.6 is 12.4 Å². The third kappa shape index (κ3) is 3.30. The number of aromatic nitrogens is 2. The van der Waals surface area contributed by atoms with Crippen molar-refractivity contribution < 1.29 is 18.4 Å². The summed E-state index contributed by atoms with van der Waals surface area (Å²) in [6, 6.07) is 5.70. The fourth-order valence-corrected chi connectivity index (χ4v) is 5.06. The van der Waals surface area contributed by atoms with Crippen LogP contribution < -0.4 is 10.2 Å². The van der Waals surface area contributed by atoms with Crippen LogP contribution in [0.1, 0.15) is 30.7 Å². The predicted octanol–water partition coefficient (Wildman–Crippen LogP) is 3.81. The second-order valence-corrected chi connectivity index (χ2v) is 8.89. The largest absolute Gasteiger partial charge is 0.342 e. The van der Waals surface area contributed by atoms with E-state index >= 15 is 0 Å². The molecule has 0 bridgehead atoms. The number of imide groups is 1. The zero-order valence-electron chi connectivity index (χ0n) is 18.8. The smallest absolute Gasteiger partial charge is 0.261 e. The number of hydrogen-bond donors (Lipinski definition) is 1. The molecule has 6 rings (SSSR count). The van der Waals surface area contributed by atoms with E-state index in [0.717, 1.165) is 11.3 Å². The van der Waals surface area contributed by atoms with Gasteiger partial charge in [0.1, 0.15) is 5.82 Å². The Labute approximate surface area is 205 Å². The van der Waals surface area contributed by atoms with Crippen LogP contribution in [0.25, 0.3) is 11.2 Å². The Hall–Kier alpha value is -3.85. The van der Waals surface area contributed by atoms with E-state index in [-0.39, 0.29) is 52.6 Å². The first-order chi connectivity index (χ1) is 16.3. The van der Waals surface area contributed by atoms with E-state index in [4.69, 9.17) is 0 Å². The number of hydrogen-bond acceptors (Lipinski definition) is 5. The van der Waals surface area contributed by atoms with Crippen LogP contribution in [0, 0.1) is 17.6 Å². The zero-order chi connectivity index (χ0) is 23.7. The van der Waals surface area contributed by atoms with Gasteiger partial charge in [-0.2, -0.15) is 0 Å². The van der Waals surface area contributed by atoms with Crippen molar-refractivity contribution in [2.45, 2.75) is 26.3 Å². The first-order valence-electron chi connectivity index (χ1n) is 10.9. The van der Waals surface area contributed by atoms with Gasteiger partial charge in [-0.1, -0.05) is 13.8 Å². The van der Waals surface area contributed by atoms with Crippen molar-refractivity contribution in [3.63, 3.8) is 0 Å². The molecule has 3 aliphatic rings. The van der Waals surface area contributed by atoms with Crippen LogP contribution in [0.5, 0.6) is 0 Å². The van der Waals surface area contributed by atoms with Gasteiger partial charge in [-0.25, -0.2) is 13.8 Å². The van der Waals surface area contributed by atoms with Crippen LogP contribution in [-0.2, 0) is 16.0 Å². The summed E-state index contributed by atoms with van der Waals surface area (Å²) < 4.78 is 30.4. The van der Waals surface area contributed by atoms with Crippen molar-refractivity contribution in [3.05, 3.63) is 83.1 Å². The second-order valence-electron chi connectivity index (χ2n) is 8.89. The van der Waals surface area contributed by atoms with E-state index in [0.29, 0.717) is 12.0 Å². The van der Waals surface area contributed by atoms with Gasteiger partial charge < -0.3 is 4.90 Å². The highest BCUT2D eigenvalue weighted by Crippen LogP contribution is 2.42. The lowest BCUT2D eigenvalue weighted by Gasteiger charge is -2.27. The van der Waals surface area contributed by atoms with Gasteiger partial charge >= 0.3 is 0 Å². The van der Waals surface area contributed by atoms with E-state index in [9.17, 15) is 18.4 Å². The average Bonchev–Trinajstić information content (AvgIpc) is 3.41. The summed E-state index contributed by atoms with van der Waals surface area (Å²) in [5.74, 6) is -2.02. The molecule has 35 heavy (non-hydrogen) atoms. The maximum Gasteiger partial charge on any atom is 0.261 e. The SMILES string of the molecule is CC(C)C1Cc2cc(F)cc3c2N1C=CN=C3C1=C(c2cnc3c(F)cccn23)C(=O)NC1=O.Cl. The molecule has 0 saturated heterocycles. The van der Waals surface area contributed by atoms with Crippen LogP contribution in [0.4, 0.5) is 14.5 Å². The number of rotatable bonds is 3. The standard InChI is InChI=1S/C25H19F2N5O2.ClH/c1-12(2)17-9-13-8-14(26)10-15-21(28-5-7-31(17)22(13)15)20-19(24(33)30-25(20)34)18-11-29-23-16(27)4-3-6-32(18)23;/h3-8,10-12,17H,9H2,1-2H3,(H,30,33,34);1H. The molecular weight excluding hydrogens is 476 g/mol. The zero-order valence-corrected chi connectivity index (χ0v) is 19.6. The van der Waals surface area contributed by atoms with Crippen molar-refractivity contribution in [1.82, 2.24) is 14.7 Å². The third-order valence-corrected chi connectivity index (χ3v) is 6.57. The van der Waals surface area contributed by atoms with Crippen molar-refractivity contribution in [2.24, 2.45) is 10.9 Å². The monoisotopic (exact) mass is 495 g/mol. The molecule has 0 radical (unpaired) electrons. The molecule has 2 amide bonds. The van der Waals surface area contributed by atoms with Gasteiger partial charge in [0.05, 0.1) is 34.4 Å². The number of halogens is 3. The number of nitrogens with one attached hydrogen (secondary N) is 1. The fraction of sp³-hybridized carbons (Fsp3) is 0.200. The fourth-order valence-electron chi connectivity index (χ4n) is 5.06. The van der Waals surface area contributed by atoms with Crippen molar-refractivity contribution in [1.29, 1.82) is 0 Å². The predicted molar refractivity (Wildman–Crippen MR) is 129 cm³/mol. The lowest BCUT2D eigenvalue weighted by molar-refractivity contribution is -0.123. The Morgan fingerprint density at radius 1 is 1.14 bits per heavy atom. The van der Waals surface area contributed by atoms with Gasteiger partial charge in [-0.3, -0.25) is 24.3 Å². The number of nitrogens with zero attached hydrogens (tertiary/aromatic N) is 4. The summed E-state index contributed by atoms with van der Waals surface area (Å²) >= 11 is 0. The Kier molecular flexibility index (Phi) is 5.32. The van der Waals surface area contributed by atoms with Crippen molar-refractivity contribution in [3.8, 4) is 0 Å². The van der Waals surface area contributed by atoms with Crippen molar-refractivity contribution in [2.75, 3.05) is 4.90 Å². The normalized spacial score (nSPS) is 18.7. The lowest BCUT2D eigenvalue weighted by atomic mass is 9.94. The Morgan fingerprint density at radius 3 is 2.69 bits per heavy atom. The molecule has 1 atom stereocenters. The lowest BCUT2D eigenvalue weighted by Crippen LogP contribution is -2.32. The van der Waals surface area contributed by atoms with E-state index < -0.39 is 23.4 Å². The van der Waals surface area contributed by atoms with E-state index in [1.54, 1.807) is 12.4 Å². The maximum absolute atomic E-state index is 14.7. The number of anilines is 1. The van der Waals surface area contributed by atoms with E-state index in [2.05, 4.69) is 34.0 Å². The summed E-state index contributed by atoms with van der Waals surface area (Å²) in [6.45, 7) is 4.20. The highest BCUT2D eigenvalue weighted by molar-refractivity contribution is 6.47. The van der Waals surface area contributed by atoms with E-state index in [1.807, 2.05) is 6.20 Å². The molecule has 1 unspecified atom stereocenters. The van der Waals surface area contributed by atoms with Crippen LogP contribution in [-0.4, -0.2) is 33.0 Å². The molecule has 1 aromatic carbocycles. The molecule has 1 N–H and O–H groups in total. The third-order valence-electron chi connectivity index (χ3n) is 6.57. The first kappa shape index (κ1) is 22.9. The maximum atomic E-state index is 14.7. The van der Waals surface area contributed by atoms with Crippen LogP contribution in [0.15, 0.2) is 59.6 Å². The number of benzene rings is 1. The number of pyridine rings is 1. The minimum atomic E-state index is -0.650. The number of carbonyl (C=O) groups is 2. The number of carbonyl (C=O) groups excluding carboxylic acids is 2. The van der Waals surface area contributed by atoms with Crippen LogP contribution in [0.2, 0.25) is 0 Å². The molecule has 0 fully saturated rings. The molecule has 5 heterocycles. The van der Waals surface area contributed by atoms with Gasteiger partial charge in [-0.15, -0.1) is 12.4 Å². The molecule has 0 saturated carbocycles. The summed E-state index contributed by atoms with van der Waals surface area (Å²) in [6.07, 6.45) is 6.94. The molecule has 7 nitrogen and oxygen atoms in total. The van der Waals surface area contributed by atoms with E-state index in [1.165, 1.54) is 34.9 Å².